The lowest BCUT2D eigenvalue weighted by atomic mass is 9.78. The number of ether oxygens (including phenoxy) is 30. The Morgan fingerprint density at radius 2 is 0.464 bits per heavy atom. The van der Waals surface area contributed by atoms with Gasteiger partial charge < -0.3 is 142 Å². The van der Waals surface area contributed by atoms with Gasteiger partial charge in [-0.1, -0.05) is 130 Å². The van der Waals surface area contributed by atoms with E-state index < -0.39 is 58.0 Å². The van der Waals surface area contributed by atoms with Crippen molar-refractivity contribution in [3.8, 4) is 11.5 Å². The number of rotatable bonds is 81. The van der Waals surface area contributed by atoms with Gasteiger partial charge in [-0.2, -0.15) is 0 Å². The molecule has 0 bridgehead atoms. The minimum Gasteiger partial charge on any atom is -0.491 e. The zero-order valence-electron chi connectivity index (χ0n) is 72.0. The molecule has 0 atom stereocenters. The lowest BCUT2D eigenvalue weighted by molar-refractivity contribution is -0.175. The highest BCUT2D eigenvalue weighted by Crippen LogP contribution is 2.34. The summed E-state index contributed by atoms with van der Waals surface area (Å²) in [5.41, 5.74) is -0.982. The van der Waals surface area contributed by atoms with Gasteiger partial charge in [-0.15, -0.1) is 0 Å². The van der Waals surface area contributed by atoms with Crippen molar-refractivity contribution in [2.24, 2.45) is 16.2 Å². The van der Waals surface area contributed by atoms with E-state index in [1.807, 2.05) is 24.3 Å². The van der Waals surface area contributed by atoms with Gasteiger partial charge >= 0.3 is 41.8 Å². The standard InChI is InChI=1S/C29H38O8.C28H40O13.C17H26O8.C14H22O8/c1-5-28(30)37-22-19-33-18-21-36-27-13-9-25(10-14-27)29(3,4)24-7-11-26(12-8-24)35-20-17-32-15-16-34-23-31-6-2;1-7-24(29)39-18-28(19-40-25(30)8-2,20-41-26(31)9-3)14-35-13-27(15-36-21-32-10-4,16-37-22-33-11-5)17-38-23-34-12-6;1-5-16(18)25-12-17(9-22-13-19-6-2,10-23-14-20-7-3)11-24-15-21-8-4;1-3-13(15)21-9-7-20-12-18-6-5-14(16)22-10-8-19-11-17-4-2/h5-14H,1-2,15-23H2,3-4H3;7-12H,1-6,13-23H2;5-8H,1-4,9-15H2;3-4H,1-2,5-12H2. The first-order valence-corrected chi connectivity index (χ1v) is 38.3. The predicted molar refractivity (Wildman–Crippen MR) is 452 cm³/mol. The molecule has 0 aliphatic rings. The zero-order chi connectivity index (χ0) is 92.9. The van der Waals surface area contributed by atoms with E-state index in [4.69, 9.17) is 137 Å². The maximum absolute atomic E-state index is 11.9. The number of hydrogen-bond donors (Lipinski definition) is 0. The van der Waals surface area contributed by atoms with Crippen LogP contribution in [0.25, 0.3) is 0 Å². The molecule has 0 aliphatic carbocycles. The number of hydrogen-bond acceptors (Lipinski definition) is 37. The van der Waals surface area contributed by atoms with Gasteiger partial charge in [0.25, 0.3) is 0 Å². The Labute approximate surface area is 732 Å². The molecule has 0 aliphatic heterocycles. The first-order valence-electron chi connectivity index (χ1n) is 38.3. The molecule has 0 radical (unpaired) electrons. The van der Waals surface area contributed by atoms with Crippen molar-refractivity contribution in [1.82, 2.24) is 0 Å². The average Bonchev–Trinajstić information content (AvgIpc) is 0.813. The van der Waals surface area contributed by atoms with E-state index in [2.05, 4.69) is 135 Å². The minimum atomic E-state index is -1.34. The highest BCUT2D eigenvalue weighted by molar-refractivity contribution is 5.83. The van der Waals surface area contributed by atoms with Crippen LogP contribution in [0.1, 0.15) is 31.4 Å². The lowest BCUT2D eigenvalue weighted by Crippen LogP contribution is -2.46. The highest BCUT2D eigenvalue weighted by Gasteiger charge is 2.40. The van der Waals surface area contributed by atoms with Gasteiger partial charge in [-0.25, -0.2) is 28.8 Å². The Hall–Kier alpha value is -11.4. The first kappa shape index (κ1) is 116. The molecule has 0 amide bonds. The van der Waals surface area contributed by atoms with Crippen molar-refractivity contribution < 1.29 is 176 Å². The summed E-state index contributed by atoms with van der Waals surface area (Å²) in [4.78, 5) is 79.9. The molecule has 0 unspecified atom stereocenters. The summed E-state index contributed by atoms with van der Waals surface area (Å²) in [5, 5.41) is 0. The van der Waals surface area contributed by atoms with Gasteiger partial charge in [0.2, 0.25) is 0 Å². The van der Waals surface area contributed by atoms with Crippen molar-refractivity contribution in [1.29, 1.82) is 0 Å². The summed E-state index contributed by atoms with van der Waals surface area (Å²) in [5.74, 6) is -2.63. The van der Waals surface area contributed by atoms with Crippen LogP contribution in [-0.4, -0.2) is 268 Å². The molecule has 0 fully saturated rings. The molecule has 2 aromatic carbocycles. The van der Waals surface area contributed by atoms with E-state index in [9.17, 15) is 33.6 Å². The van der Waals surface area contributed by atoms with E-state index in [-0.39, 0.29) is 192 Å². The Balaban J connectivity index is 0. The van der Waals surface area contributed by atoms with Crippen LogP contribution >= 0.6 is 0 Å². The number of esters is 7. The van der Waals surface area contributed by atoms with Crippen LogP contribution in [0.15, 0.2) is 227 Å². The zero-order valence-corrected chi connectivity index (χ0v) is 72.0. The molecule has 2 aromatic rings. The molecule has 0 saturated heterocycles. The van der Waals surface area contributed by atoms with Crippen molar-refractivity contribution in [2.75, 3.05) is 226 Å². The Bertz CT molecular complexity index is 3190. The number of carbonyl (C=O) groups is 7. The van der Waals surface area contributed by atoms with Crippen molar-refractivity contribution in [3.05, 3.63) is 238 Å². The molecule has 0 N–H and O–H groups in total. The van der Waals surface area contributed by atoms with Crippen LogP contribution in [0.5, 0.6) is 11.5 Å². The van der Waals surface area contributed by atoms with Gasteiger partial charge in [0.15, 0.2) is 54.3 Å². The third-order valence-electron chi connectivity index (χ3n) is 15.1. The second-order valence-corrected chi connectivity index (χ2v) is 25.0. The number of carbonyl (C=O) groups excluding carboxylic acids is 7. The molecule has 700 valence electrons. The summed E-state index contributed by atoms with van der Waals surface area (Å²) in [6.07, 6.45) is 16.2. The molecule has 0 aromatic heterocycles. The van der Waals surface area contributed by atoms with E-state index in [1.165, 1.54) is 61.2 Å². The third kappa shape index (κ3) is 64.1. The van der Waals surface area contributed by atoms with E-state index >= 15 is 0 Å². The summed E-state index contributed by atoms with van der Waals surface area (Å²) in [6, 6.07) is 16.2. The van der Waals surface area contributed by atoms with Gasteiger partial charge in [-0.3, -0.25) is 4.79 Å². The lowest BCUT2D eigenvalue weighted by Gasteiger charge is -2.35. The summed E-state index contributed by atoms with van der Waals surface area (Å²) in [7, 11) is 0. The van der Waals surface area contributed by atoms with Gasteiger partial charge in [0.05, 0.1) is 178 Å². The second-order valence-electron chi connectivity index (χ2n) is 25.0. The van der Waals surface area contributed by atoms with Crippen LogP contribution in [0.3, 0.4) is 0 Å². The largest absolute Gasteiger partial charge is 0.491 e. The Kier molecular flexibility index (Phi) is 73.7. The van der Waals surface area contributed by atoms with Crippen LogP contribution in [0.4, 0.5) is 0 Å². The maximum Gasteiger partial charge on any atom is 0.330 e. The monoisotopic (exact) mass is 1770 g/mol. The molecule has 0 heterocycles. The van der Waals surface area contributed by atoms with Crippen molar-refractivity contribution >= 4 is 41.8 Å². The van der Waals surface area contributed by atoms with Gasteiger partial charge in [0.1, 0.15) is 77.8 Å². The van der Waals surface area contributed by atoms with Gasteiger partial charge in [0, 0.05) is 41.9 Å². The molecular weight excluding hydrogens is 1650 g/mol. The highest BCUT2D eigenvalue weighted by atomic mass is 16.7. The molecule has 0 spiro atoms. The van der Waals surface area contributed by atoms with E-state index in [0.29, 0.717) is 46.2 Å². The summed E-state index contributed by atoms with van der Waals surface area (Å²) in [6.45, 7) is 54.7. The summed E-state index contributed by atoms with van der Waals surface area (Å²) >= 11 is 0. The van der Waals surface area contributed by atoms with E-state index in [1.54, 1.807) is 0 Å². The first-order chi connectivity index (χ1) is 60.6. The molecule has 0 saturated carbocycles. The van der Waals surface area contributed by atoms with Gasteiger partial charge in [-0.05, 0) is 35.4 Å². The van der Waals surface area contributed by atoms with Crippen molar-refractivity contribution in [2.45, 2.75) is 25.7 Å². The van der Waals surface area contributed by atoms with Crippen LogP contribution < -0.4 is 9.47 Å². The third-order valence-corrected chi connectivity index (χ3v) is 15.1. The molecule has 37 heteroatoms. The van der Waals surface area contributed by atoms with Crippen LogP contribution in [0.2, 0.25) is 0 Å². The van der Waals surface area contributed by atoms with Crippen LogP contribution in [-0.2, 0) is 172 Å². The average molecular weight is 1780 g/mol. The maximum atomic E-state index is 11.9. The van der Waals surface area contributed by atoms with Crippen molar-refractivity contribution in [3.63, 3.8) is 0 Å². The number of benzene rings is 2. The van der Waals surface area contributed by atoms with Crippen LogP contribution in [0, 0.1) is 16.2 Å². The Morgan fingerprint density at radius 3 is 0.768 bits per heavy atom. The Morgan fingerprint density at radius 1 is 0.240 bits per heavy atom. The molecule has 37 nitrogen and oxygen atoms in total. The fourth-order valence-electron chi connectivity index (χ4n) is 8.80. The smallest absolute Gasteiger partial charge is 0.330 e. The molecular formula is C88H126O37. The summed E-state index contributed by atoms with van der Waals surface area (Å²) < 4.78 is 156. The minimum absolute atomic E-state index is 0.000916. The normalized spacial score (nSPS) is 10.6. The molecule has 2 rings (SSSR count). The topological polar surface area (TPSA) is 396 Å². The predicted octanol–water partition coefficient (Wildman–Crippen LogP) is 10.1. The van der Waals surface area contributed by atoms with E-state index in [0.717, 1.165) is 48.0 Å². The molecule has 125 heavy (non-hydrogen) atoms. The fraction of sp³-hybridized carbons (Fsp3) is 0.466. The SMILES string of the molecule is C=COCOCC(COCOC=C)(COCOC=C)COC(=O)C=C.C=COCOCC(COCOC=C)(COCOC=C)COCC(COC(=O)C=C)(COC(=O)C=C)COC(=O)C=C.C=COCOCCOC(=O)CCOCOCCOC(=O)C=C.C=COCOCCOCCOc1ccc(C(C)(C)c2ccc(OCCOCCOC(=O)C=C)cc2)cc1. The fourth-order valence-corrected chi connectivity index (χ4v) is 8.80. The second kappa shape index (κ2) is 79.7. The quantitative estimate of drug-likeness (QED) is 0.0148.